The molecule has 2 N–H and O–H groups in total. The van der Waals surface area contributed by atoms with Gasteiger partial charge in [-0.25, -0.2) is 9.97 Å². The monoisotopic (exact) mass is 309 g/mol. The summed E-state index contributed by atoms with van der Waals surface area (Å²) < 4.78 is 2.00. The summed E-state index contributed by atoms with van der Waals surface area (Å²) in [6.45, 7) is 5.61. The number of nitrogens with zero attached hydrogens (tertiary/aromatic N) is 4. The molecular formula is C16H15N5S. The molecule has 5 nitrogen and oxygen atoms in total. The van der Waals surface area contributed by atoms with Crippen molar-refractivity contribution in [3.63, 3.8) is 0 Å². The van der Waals surface area contributed by atoms with E-state index in [1.165, 1.54) is 0 Å². The SMILES string of the molecule is C=N/C(=C\n1c(-c2ccsc2)cnc1C)c1ccc(N)nc1. The van der Waals surface area contributed by atoms with Crippen molar-refractivity contribution in [2.24, 2.45) is 4.99 Å². The van der Waals surface area contributed by atoms with E-state index in [2.05, 4.69) is 33.1 Å². The Bertz CT molecular complexity index is 813. The smallest absolute Gasteiger partial charge is 0.123 e. The van der Waals surface area contributed by atoms with Crippen LogP contribution in [0.2, 0.25) is 0 Å². The van der Waals surface area contributed by atoms with Gasteiger partial charge in [-0.05, 0) is 37.2 Å². The van der Waals surface area contributed by atoms with Crippen LogP contribution in [0.5, 0.6) is 0 Å². The van der Waals surface area contributed by atoms with Crippen LogP contribution >= 0.6 is 11.3 Å². The van der Waals surface area contributed by atoms with Crippen molar-refractivity contribution in [3.05, 3.63) is 52.7 Å². The zero-order chi connectivity index (χ0) is 15.5. The summed E-state index contributed by atoms with van der Waals surface area (Å²) in [6.07, 6.45) is 5.46. The van der Waals surface area contributed by atoms with Crippen LogP contribution in [0.15, 0.2) is 46.3 Å². The Morgan fingerprint density at radius 2 is 2.18 bits per heavy atom. The van der Waals surface area contributed by atoms with Crippen molar-refractivity contribution >= 4 is 35.8 Å². The fourth-order valence-corrected chi connectivity index (χ4v) is 2.78. The van der Waals surface area contributed by atoms with Crippen LogP contribution in [0, 0.1) is 6.92 Å². The third-order valence-corrected chi connectivity index (χ3v) is 3.99. The molecule has 0 amide bonds. The van der Waals surface area contributed by atoms with Gasteiger partial charge in [0.05, 0.1) is 17.6 Å². The van der Waals surface area contributed by atoms with Gasteiger partial charge in [-0.2, -0.15) is 11.3 Å². The molecule has 0 radical (unpaired) electrons. The van der Waals surface area contributed by atoms with Gasteiger partial charge < -0.3 is 10.3 Å². The number of anilines is 1. The molecule has 110 valence electrons. The molecule has 6 heteroatoms. The number of hydrogen-bond acceptors (Lipinski definition) is 5. The highest BCUT2D eigenvalue weighted by atomic mass is 32.1. The number of rotatable bonds is 4. The van der Waals surface area contributed by atoms with Gasteiger partial charge in [0, 0.05) is 28.9 Å². The average molecular weight is 309 g/mol. The van der Waals surface area contributed by atoms with E-state index in [-0.39, 0.29) is 0 Å². The van der Waals surface area contributed by atoms with E-state index in [1.807, 2.05) is 35.3 Å². The average Bonchev–Trinajstić information content (AvgIpc) is 3.16. The van der Waals surface area contributed by atoms with Gasteiger partial charge in [-0.1, -0.05) is 0 Å². The molecular weight excluding hydrogens is 294 g/mol. The van der Waals surface area contributed by atoms with Crippen LogP contribution in [-0.4, -0.2) is 21.3 Å². The predicted molar refractivity (Wildman–Crippen MR) is 92.6 cm³/mol. The van der Waals surface area contributed by atoms with Gasteiger partial charge in [-0.15, -0.1) is 0 Å². The molecule has 0 saturated heterocycles. The number of nitrogens with two attached hydrogens (primary N) is 1. The lowest BCUT2D eigenvalue weighted by atomic mass is 10.2. The Morgan fingerprint density at radius 3 is 2.82 bits per heavy atom. The number of hydrogen-bond donors (Lipinski definition) is 1. The quantitative estimate of drug-likeness (QED) is 0.749. The topological polar surface area (TPSA) is 69.1 Å². The first-order chi connectivity index (χ1) is 10.7. The molecule has 0 unspecified atom stereocenters. The standard InChI is InChI=1S/C16H15N5S/c1-11-19-8-15(13-5-6-22-10-13)21(11)9-14(18-2)12-3-4-16(17)20-7-12/h3-10H,2H2,1H3,(H2,17,20)/b14-9-. The van der Waals surface area contributed by atoms with Crippen molar-refractivity contribution in [1.29, 1.82) is 0 Å². The second-order valence-electron chi connectivity index (χ2n) is 4.72. The first-order valence-electron chi connectivity index (χ1n) is 6.66. The minimum Gasteiger partial charge on any atom is -0.384 e. The Kier molecular flexibility index (Phi) is 3.84. The van der Waals surface area contributed by atoms with Gasteiger partial charge in [-0.3, -0.25) is 4.99 Å². The number of aliphatic imine (C=N–C) groups is 1. The maximum absolute atomic E-state index is 5.63. The molecule has 0 aromatic carbocycles. The summed E-state index contributed by atoms with van der Waals surface area (Å²) in [6, 6.07) is 5.69. The van der Waals surface area contributed by atoms with Crippen molar-refractivity contribution in [1.82, 2.24) is 14.5 Å². The number of pyridine rings is 1. The van der Waals surface area contributed by atoms with E-state index in [1.54, 1.807) is 23.6 Å². The molecule has 3 rings (SSSR count). The number of imidazole rings is 1. The fraction of sp³-hybridized carbons (Fsp3) is 0.0625. The molecule has 0 aliphatic rings. The molecule has 22 heavy (non-hydrogen) atoms. The summed E-state index contributed by atoms with van der Waals surface area (Å²) in [5.41, 5.74) is 9.34. The van der Waals surface area contributed by atoms with Crippen LogP contribution in [0.25, 0.3) is 23.2 Å². The summed E-state index contributed by atoms with van der Waals surface area (Å²) in [5, 5.41) is 4.13. The number of aryl methyl sites for hydroxylation is 1. The maximum atomic E-state index is 5.63. The zero-order valence-corrected chi connectivity index (χ0v) is 12.9. The highest BCUT2D eigenvalue weighted by Crippen LogP contribution is 2.26. The minimum atomic E-state index is 0.477. The number of nitrogen functional groups attached to an aromatic ring is 1. The second kappa shape index (κ2) is 5.95. The predicted octanol–water partition coefficient (Wildman–Crippen LogP) is 3.55. The number of aromatic nitrogens is 3. The fourth-order valence-electron chi connectivity index (χ4n) is 2.13. The van der Waals surface area contributed by atoms with E-state index < -0.39 is 0 Å². The first-order valence-corrected chi connectivity index (χ1v) is 7.60. The normalized spacial score (nSPS) is 11.6. The highest BCUT2D eigenvalue weighted by Gasteiger charge is 2.09. The molecule has 0 fully saturated rings. The molecule has 3 aromatic rings. The van der Waals surface area contributed by atoms with Gasteiger partial charge in [0.25, 0.3) is 0 Å². The Balaban J connectivity index is 2.08. The third kappa shape index (κ3) is 2.68. The van der Waals surface area contributed by atoms with Crippen molar-refractivity contribution in [2.75, 3.05) is 5.73 Å². The molecule has 0 atom stereocenters. The number of thiophene rings is 1. The van der Waals surface area contributed by atoms with Crippen LogP contribution in [0.1, 0.15) is 11.4 Å². The van der Waals surface area contributed by atoms with E-state index in [9.17, 15) is 0 Å². The van der Waals surface area contributed by atoms with Gasteiger partial charge in [0.15, 0.2) is 0 Å². The molecule has 0 aliphatic carbocycles. The van der Waals surface area contributed by atoms with Crippen molar-refractivity contribution in [2.45, 2.75) is 6.92 Å². The van der Waals surface area contributed by atoms with E-state index in [0.29, 0.717) is 11.5 Å². The lowest BCUT2D eigenvalue weighted by Gasteiger charge is -2.07. The van der Waals surface area contributed by atoms with Crippen LogP contribution in [0.3, 0.4) is 0 Å². The lowest BCUT2D eigenvalue weighted by molar-refractivity contribution is 1.03. The lowest BCUT2D eigenvalue weighted by Crippen LogP contribution is -1.96. The van der Waals surface area contributed by atoms with Crippen LogP contribution in [-0.2, 0) is 0 Å². The summed E-state index contributed by atoms with van der Waals surface area (Å²) in [4.78, 5) is 12.6. The van der Waals surface area contributed by atoms with Crippen molar-refractivity contribution < 1.29 is 0 Å². The Morgan fingerprint density at radius 1 is 1.32 bits per heavy atom. The van der Waals surface area contributed by atoms with E-state index in [0.717, 1.165) is 22.6 Å². The molecule has 0 bridgehead atoms. The Hall–Kier alpha value is -2.73. The summed E-state index contributed by atoms with van der Waals surface area (Å²) in [5.74, 6) is 1.36. The zero-order valence-electron chi connectivity index (χ0n) is 12.1. The Labute approximate surface area is 132 Å². The van der Waals surface area contributed by atoms with Gasteiger partial charge in [0.1, 0.15) is 11.6 Å². The van der Waals surface area contributed by atoms with E-state index in [4.69, 9.17) is 5.73 Å². The van der Waals surface area contributed by atoms with Crippen molar-refractivity contribution in [3.8, 4) is 11.3 Å². The summed E-state index contributed by atoms with van der Waals surface area (Å²) in [7, 11) is 0. The minimum absolute atomic E-state index is 0.477. The molecule has 0 spiro atoms. The van der Waals surface area contributed by atoms with Gasteiger partial charge in [0.2, 0.25) is 0 Å². The molecule has 0 saturated carbocycles. The van der Waals surface area contributed by atoms with Crippen LogP contribution < -0.4 is 5.73 Å². The molecule has 0 aliphatic heterocycles. The van der Waals surface area contributed by atoms with Crippen LogP contribution in [0.4, 0.5) is 5.82 Å². The second-order valence-corrected chi connectivity index (χ2v) is 5.50. The van der Waals surface area contributed by atoms with Gasteiger partial charge >= 0.3 is 0 Å². The van der Waals surface area contributed by atoms with E-state index >= 15 is 0 Å². The largest absolute Gasteiger partial charge is 0.384 e. The highest BCUT2D eigenvalue weighted by molar-refractivity contribution is 7.08. The molecule has 3 aromatic heterocycles. The molecule has 3 heterocycles. The first kappa shape index (κ1) is 14.2. The maximum Gasteiger partial charge on any atom is 0.123 e. The third-order valence-electron chi connectivity index (χ3n) is 3.30. The summed E-state index contributed by atoms with van der Waals surface area (Å²) >= 11 is 1.65.